The molecule has 0 unspecified atom stereocenters. The number of benzene rings is 1. The molecule has 3 N–H and O–H groups in total. The molecule has 0 atom stereocenters. The van der Waals surface area contributed by atoms with Crippen molar-refractivity contribution in [3.05, 3.63) is 17.7 Å². The molecule has 6 nitrogen and oxygen atoms in total. The molecule has 0 amide bonds. The lowest BCUT2D eigenvalue weighted by Gasteiger charge is -2.11. The second kappa shape index (κ2) is 4.58. The van der Waals surface area contributed by atoms with Crippen LogP contribution in [0.1, 0.15) is 5.56 Å². The maximum Gasteiger partial charge on any atom is 0.213 e. The maximum absolute atomic E-state index is 11.0. The van der Waals surface area contributed by atoms with Crippen LogP contribution < -0.4 is 14.6 Å². The molecule has 0 aliphatic carbocycles. The SMILES string of the molecule is COc1cc(O)c(OC)c(CS(N)(=O)=O)c1. The van der Waals surface area contributed by atoms with Crippen molar-refractivity contribution < 1.29 is 23.0 Å². The first kappa shape index (κ1) is 12.6. The molecule has 1 aromatic rings. The van der Waals surface area contributed by atoms with Gasteiger partial charge in [0, 0.05) is 11.6 Å². The monoisotopic (exact) mass is 247 g/mol. The van der Waals surface area contributed by atoms with E-state index in [1.165, 1.54) is 26.4 Å². The van der Waals surface area contributed by atoms with E-state index in [0.29, 0.717) is 5.75 Å². The number of hydrogen-bond donors (Lipinski definition) is 2. The van der Waals surface area contributed by atoms with E-state index in [0.717, 1.165) is 0 Å². The summed E-state index contributed by atoms with van der Waals surface area (Å²) in [4.78, 5) is 0. The van der Waals surface area contributed by atoms with Crippen molar-refractivity contribution in [3.63, 3.8) is 0 Å². The van der Waals surface area contributed by atoms with Crippen molar-refractivity contribution in [3.8, 4) is 17.2 Å². The number of sulfonamides is 1. The summed E-state index contributed by atoms with van der Waals surface area (Å²) >= 11 is 0. The number of hydrogen-bond acceptors (Lipinski definition) is 5. The fourth-order valence-corrected chi connectivity index (χ4v) is 1.97. The van der Waals surface area contributed by atoms with Crippen molar-refractivity contribution in [1.29, 1.82) is 0 Å². The molecule has 0 heterocycles. The molecule has 90 valence electrons. The number of phenolic OH excluding ortho intramolecular Hbond substituents is 1. The molecule has 0 radical (unpaired) electrons. The van der Waals surface area contributed by atoms with Crippen LogP contribution >= 0.6 is 0 Å². The summed E-state index contributed by atoms with van der Waals surface area (Å²) in [6.07, 6.45) is 0. The van der Waals surface area contributed by atoms with Crippen molar-refractivity contribution in [2.24, 2.45) is 5.14 Å². The zero-order chi connectivity index (χ0) is 12.3. The first-order chi connectivity index (χ1) is 7.37. The van der Waals surface area contributed by atoms with E-state index in [2.05, 4.69) is 0 Å². The zero-order valence-corrected chi connectivity index (χ0v) is 9.74. The molecule has 0 saturated heterocycles. The average molecular weight is 247 g/mol. The molecule has 0 aromatic heterocycles. The van der Waals surface area contributed by atoms with Gasteiger partial charge in [-0.1, -0.05) is 0 Å². The van der Waals surface area contributed by atoms with Gasteiger partial charge >= 0.3 is 0 Å². The molecule has 0 bridgehead atoms. The van der Waals surface area contributed by atoms with Crippen molar-refractivity contribution in [2.45, 2.75) is 5.75 Å². The van der Waals surface area contributed by atoms with Crippen LogP contribution in [-0.2, 0) is 15.8 Å². The fraction of sp³-hybridized carbons (Fsp3) is 0.333. The number of ether oxygens (including phenoxy) is 2. The highest BCUT2D eigenvalue weighted by Crippen LogP contribution is 2.35. The van der Waals surface area contributed by atoms with Gasteiger partial charge in [-0.15, -0.1) is 0 Å². The van der Waals surface area contributed by atoms with E-state index < -0.39 is 15.8 Å². The summed E-state index contributed by atoms with van der Waals surface area (Å²) in [5.41, 5.74) is 0.252. The number of methoxy groups -OCH3 is 2. The predicted molar refractivity (Wildman–Crippen MR) is 58.0 cm³/mol. The highest BCUT2D eigenvalue weighted by Gasteiger charge is 2.15. The molecule has 1 rings (SSSR count). The van der Waals surface area contributed by atoms with Crippen LogP contribution in [0, 0.1) is 0 Å². The Morgan fingerprint density at radius 1 is 1.31 bits per heavy atom. The van der Waals surface area contributed by atoms with Gasteiger partial charge in [0.1, 0.15) is 5.75 Å². The van der Waals surface area contributed by atoms with E-state index in [-0.39, 0.29) is 17.1 Å². The topological polar surface area (TPSA) is 98.8 Å². The van der Waals surface area contributed by atoms with Crippen LogP contribution in [0.5, 0.6) is 17.2 Å². The van der Waals surface area contributed by atoms with E-state index in [9.17, 15) is 13.5 Å². The highest BCUT2D eigenvalue weighted by molar-refractivity contribution is 7.88. The van der Waals surface area contributed by atoms with Crippen LogP contribution in [0.15, 0.2) is 12.1 Å². The van der Waals surface area contributed by atoms with Crippen molar-refractivity contribution in [2.75, 3.05) is 14.2 Å². The minimum Gasteiger partial charge on any atom is -0.504 e. The van der Waals surface area contributed by atoms with Gasteiger partial charge < -0.3 is 14.6 Å². The van der Waals surface area contributed by atoms with E-state index >= 15 is 0 Å². The van der Waals surface area contributed by atoms with Gasteiger partial charge in [0.05, 0.1) is 20.0 Å². The van der Waals surface area contributed by atoms with E-state index in [1.807, 2.05) is 0 Å². The average Bonchev–Trinajstić information content (AvgIpc) is 2.14. The summed E-state index contributed by atoms with van der Waals surface area (Å²) < 4.78 is 31.8. The van der Waals surface area contributed by atoms with Gasteiger partial charge in [-0.05, 0) is 6.07 Å². The molecular formula is C9H13NO5S. The molecule has 0 aliphatic heterocycles. The molecule has 7 heteroatoms. The third-order valence-electron chi connectivity index (χ3n) is 1.92. The Morgan fingerprint density at radius 3 is 2.38 bits per heavy atom. The Balaban J connectivity index is 3.28. The molecule has 1 aromatic carbocycles. The lowest BCUT2D eigenvalue weighted by atomic mass is 10.2. The summed E-state index contributed by atoms with van der Waals surface area (Å²) in [5.74, 6) is -0.215. The predicted octanol–water partition coefficient (Wildman–Crippen LogP) is 0.198. The second-order valence-electron chi connectivity index (χ2n) is 3.15. The molecule has 16 heavy (non-hydrogen) atoms. The first-order valence-corrected chi connectivity index (χ1v) is 6.03. The summed E-state index contributed by atoms with van der Waals surface area (Å²) in [7, 11) is -0.966. The molecular weight excluding hydrogens is 234 g/mol. The fourth-order valence-electron chi connectivity index (χ4n) is 1.32. The number of rotatable bonds is 4. The zero-order valence-electron chi connectivity index (χ0n) is 8.93. The third kappa shape index (κ3) is 3.01. The Bertz CT molecular complexity index is 483. The number of primary sulfonamides is 1. The second-order valence-corrected chi connectivity index (χ2v) is 4.76. The van der Waals surface area contributed by atoms with Gasteiger partial charge in [-0.3, -0.25) is 0 Å². The smallest absolute Gasteiger partial charge is 0.213 e. The number of nitrogens with two attached hydrogens (primary N) is 1. The quantitative estimate of drug-likeness (QED) is 0.791. The number of aromatic hydroxyl groups is 1. The van der Waals surface area contributed by atoms with E-state index in [1.54, 1.807) is 0 Å². The molecule has 0 spiro atoms. The largest absolute Gasteiger partial charge is 0.504 e. The van der Waals surface area contributed by atoms with Gasteiger partial charge in [-0.2, -0.15) is 0 Å². The summed E-state index contributed by atoms with van der Waals surface area (Å²) in [6, 6.07) is 2.77. The Morgan fingerprint density at radius 2 is 1.94 bits per heavy atom. The Hall–Kier alpha value is -1.47. The standard InChI is InChI=1S/C9H13NO5S/c1-14-7-3-6(5-16(10,12)13)9(15-2)8(11)4-7/h3-4,11H,5H2,1-2H3,(H2,10,12,13). The molecule has 0 saturated carbocycles. The van der Waals surface area contributed by atoms with Gasteiger partial charge in [0.2, 0.25) is 10.0 Å². The summed E-state index contributed by atoms with van der Waals surface area (Å²) in [6.45, 7) is 0. The normalized spacial score (nSPS) is 11.2. The van der Waals surface area contributed by atoms with E-state index in [4.69, 9.17) is 14.6 Å². The minimum absolute atomic E-state index is 0.0785. The van der Waals surface area contributed by atoms with Crippen LogP contribution in [0.4, 0.5) is 0 Å². The van der Waals surface area contributed by atoms with Crippen molar-refractivity contribution in [1.82, 2.24) is 0 Å². The van der Waals surface area contributed by atoms with Gasteiger partial charge in [0.15, 0.2) is 11.5 Å². The third-order valence-corrected chi connectivity index (χ3v) is 2.63. The van der Waals surface area contributed by atoms with Crippen LogP contribution in [0.2, 0.25) is 0 Å². The van der Waals surface area contributed by atoms with Crippen LogP contribution in [-0.4, -0.2) is 27.7 Å². The van der Waals surface area contributed by atoms with Crippen LogP contribution in [0.3, 0.4) is 0 Å². The summed E-state index contributed by atoms with van der Waals surface area (Å²) in [5, 5.41) is 14.5. The molecule has 0 fully saturated rings. The Labute approximate surface area is 93.6 Å². The Kier molecular flexibility index (Phi) is 3.61. The lowest BCUT2D eigenvalue weighted by Crippen LogP contribution is -2.15. The highest BCUT2D eigenvalue weighted by atomic mass is 32.2. The first-order valence-electron chi connectivity index (χ1n) is 4.31. The van der Waals surface area contributed by atoms with Gasteiger partial charge in [0.25, 0.3) is 0 Å². The van der Waals surface area contributed by atoms with Crippen LogP contribution in [0.25, 0.3) is 0 Å². The number of phenols is 1. The lowest BCUT2D eigenvalue weighted by molar-refractivity contribution is 0.362. The van der Waals surface area contributed by atoms with Crippen molar-refractivity contribution >= 4 is 10.0 Å². The maximum atomic E-state index is 11.0. The minimum atomic E-state index is -3.70. The molecule has 0 aliphatic rings. The van der Waals surface area contributed by atoms with Gasteiger partial charge in [-0.25, -0.2) is 13.6 Å².